The zero-order valence-electron chi connectivity index (χ0n) is 14.1. The van der Waals surface area contributed by atoms with Crippen LogP contribution < -0.4 is 5.32 Å². The van der Waals surface area contributed by atoms with Crippen LogP contribution in [0.1, 0.15) is 26.2 Å². The largest absolute Gasteiger partial charge is 0.310 e. The number of aromatic nitrogens is 5. The first-order valence-corrected chi connectivity index (χ1v) is 8.61. The molecule has 3 heterocycles. The van der Waals surface area contributed by atoms with E-state index in [1.807, 2.05) is 15.4 Å². The first-order chi connectivity index (χ1) is 11.7. The molecule has 8 heteroatoms. The maximum atomic E-state index is 12.3. The van der Waals surface area contributed by atoms with Crippen molar-refractivity contribution in [1.82, 2.24) is 29.4 Å². The number of nitrogens with one attached hydrogen (secondary N) is 1. The molecule has 0 bridgehead atoms. The lowest BCUT2D eigenvalue weighted by Gasteiger charge is -2.32. The summed E-state index contributed by atoms with van der Waals surface area (Å²) in [6, 6.07) is 1.84. The van der Waals surface area contributed by atoms with Gasteiger partial charge in [0.15, 0.2) is 0 Å². The molecule has 2 aromatic heterocycles. The molecule has 1 saturated heterocycles. The van der Waals surface area contributed by atoms with E-state index in [-0.39, 0.29) is 5.91 Å². The smallest absolute Gasteiger partial charge is 0.239 e. The van der Waals surface area contributed by atoms with E-state index in [1.165, 1.54) is 6.42 Å². The number of hydrogen-bond donors (Lipinski definition) is 1. The van der Waals surface area contributed by atoms with E-state index in [9.17, 15) is 4.79 Å². The number of likely N-dealkylation sites (tertiary alicyclic amines) is 1. The summed E-state index contributed by atoms with van der Waals surface area (Å²) in [7, 11) is 0. The lowest BCUT2D eigenvalue weighted by molar-refractivity contribution is -0.117. The van der Waals surface area contributed by atoms with Crippen LogP contribution in [0.3, 0.4) is 0 Å². The van der Waals surface area contributed by atoms with E-state index < -0.39 is 0 Å². The van der Waals surface area contributed by atoms with Crippen LogP contribution in [0, 0.1) is 5.92 Å². The van der Waals surface area contributed by atoms with Gasteiger partial charge in [-0.15, -0.1) is 0 Å². The van der Waals surface area contributed by atoms with Crippen LogP contribution in [0.4, 0.5) is 5.82 Å². The Labute approximate surface area is 141 Å². The molecule has 3 rings (SSSR count). The molecule has 0 aromatic carbocycles. The minimum Gasteiger partial charge on any atom is -0.310 e. The number of anilines is 1. The van der Waals surface area contributed by atoms with Gasteiger partial charge in [-0.25, -0.2) is 9.67 Å². The first kappa shape index (κ1) is 16.6. The van der Waals surface area contributed by atoms with Gasteiger partial charge in [-0.05, 0) is 31.7 Å². The van der Waals surface area contributed by atoms with Crippen molar-refractivity contribution in [2.45, 2.75) is 39.3 Å². The highest BCUT2D eigenvalue weighted by atomic mass is 16.2. The van der Waals surface area contributed by atoms with Gasteiger partial charge < -0.3 is 5.32 Å². The number of carbonyl (C=O) groups is 1. The summed E-state index contributed by atoms with van der Waals surface area (Å²) in [6.07, 6.45) is 8.30. The van der Waals surface area contributed by atoms with Gasteiger partial charge in [0.1, 0.15) is 18.5 Å². The van der Waals surface area contributed by atoms with Crippen molar-refractivity contribution in [3.8, 4) is 0 Å². The molecule has 0 spiro atoms. The second-order valence-electron chi connectivity index (χ2n) is 6.35. The fourth-order valence-electron chi connectivity index (χ4n) is 3.25. The minimum absolute atomic E-state index is 0.0225. The molecule has 0 radical (unpaired) electrons. The molecule has 1 amide bonds. The highest BCUT2D eigenvalue weighted by molar-refractivity contribution is 5.91. The maximum absolute atomic E-state index is 12.3. The summed E-state index contributed by atoms with van der Waals surface area (Å²) in [5.74, 6) is 1.31. The van der Waals surface area contributed by atoms with Crippen LogP contribution in [0.15, 0.2) is 24.9 Å². The van der Waals surface area contributed by atoms with Gasteiger partial charge in [0.05, 0.1) is 12.7 Å². The van der Waals surface area contributed by atoms with E-state index in [1.54, 1.807) is 18.9 Å². The van der Waals surface area contributed by atoms with E-state index in [0.29, 0.717) is 12.5 Å². The third-order valence-electron chi connectivity index (χ3n) is 4.30. The second kappa shape index (κ2) is 8.05. The van der Waals surface area contributed by atoms with Crippen LogP contribution in [0.5, 0.6) is 0 Å². The van der Waals surface area contributed by atoms with Crippen LogP contribution in [0.2, 0.25) is 0 Å². The van der Waals surface area contributed by atoms with E-state index in [4.69, 9.17) is 0 Å². The molecular weight excluding hydrogens is 306 g/mol. The number of rotatable bonds is 7. The summed E-state index contributed by atoms with van der Waals surface area (Å²) < 4.78 is 3.71. The molecule has 2 aromatic rings. The van der Waals surface area contributed by atoms with Gasteiger partial charge in [0, 0.05) is 25.7 Å². The molecule has 1 N–H and O–H groups in total. The topological polar surface area (TPSA) is 80.9 Å². The van der Waals surface area contributed by atoms with Crippen LogP contribution in [-0.4, -0.2) is 55.0 Å². The average molecular weight is 331 g/mol. The van der Waals surface area contributed by atoms with Crippen molar-refractivity contribution in [2.24, 2.45) is 5.92 Å². The third-order valence-corrected chi connectivity index (χ3v) is 4.30. The fourth-order valence-corrected chi connectivity index (χ4v) is 3.25. The van der Waals surface area contributed by atoms with Crippen molar-refractivity contribution in [1.29, 1.82) is 0 Å². The van der Waals surface area contributed by atoms with Gasteiger partial charge in [-0.3, -0.25) is 14.4 Å². The molecule has 1 atom stereocenters. The maximum Gasteiger partial charge on any atom is 0.239 e. The molecule has 1 fully saturated rings. The van der Waals surface area contributed by atoms with E-state index >= 15 is 0 Å². The Balaban J connectivity index is 1.49. The van der Waals surface area contributed by atoms with E-state index in [0.717, 1.165) is 44.8 Å². The first-order valence-electron chi connectivity index (χ1n) is 8.61. The van der Waals surface area contributed by atoms with Crippen LogP contribution in [0.25, 0.3) is 0 Å². The Morgan fingerprint density at radius 3 is 3.12 bits per heavy atom. The van der Waals surface area contributed by atoms with Crippen molar-refractivity contribution < 1.29 is 4.79 Å². The molecule has 1 unspecified atom stereocenters. The standard InChI is InChI=1S/C16H25N7O/c1-2-7-23-15(5-6-18-23)20-16(24)11-21-8-3-4-14(9-21)10-22-13-17-12-19-22/h5-6,12-14H,2-4,7-11H2,1H3,(H,20,24). The van der Waals surface area contributed by atoms with Gasteiger partial charge >= 0.3 is 0 Å². The predicted octanol–water partition coefficient (Wildman–Crippen LogP) is 1.24. The number of aryl methyl sites for hydroxylation is 1. The molecule has 0 aliphatic carbocycles. The Kier molecular flexibility index (Phi) is 5.58. The summed E-state index contributed by atoms with van der Waals surface area (Å²) in [4.78, 5) is 18.5. The van der Waals surface area contributed by atoms with Crippen molar-refractivity contribution in [2.75, 3.05) is 25.0 Å². The number of amides is 1. The van der Waals surface area contributed by atoms with Gasteiger partial charge in [0.25, 0.3) is 0 Å². The number of hydrogen-bond acceptors (Lipinski definition) is 5. The molecule has 8 nitrogen and oxygen atoms in total. The van der Waals surface area contributed by atoms with E-state index in [2.05, 4.69) is 32.3 Å². The zero-order chi connectivity index (χ0) is 16.8. The monoisotopic (exact) mass is 331 g/mol. The lowest BCUT2D eigenvalue weighted by atomic mass is 9.98. The normalized spacial score (nSPS) is 18.6. The Morgan fingerprint density at radius 2 is 2.33 bits per heavy atom. The minimum atomic E-state index is 0.0225. The van der Waals surface area contributed by atoms with Crippen molar-refractivity contribution >= 4 is 11.7 Å². The number of piperidine rings is 1. The van der Waals surface area contributed by atoms with Gasteiger partial charge in [0.2, 0.25) is 5.91 Å². The molecule has 0 saturated carbocycles. The van der Waals surface area contributed by atoms with Crippen LogP contribution >= 0.6 is 0 Å². The Hall–Kier alpha value is -2.22. The van der Waals surface area contributed by atoms with Gasteiger partial charge in [-0.2, -0.15) is 10.2 Å². The lowest BCUT2D eigenvalue weighted by Crippen LogP contribution is -2.41. The molecule has 1 aliphatic rings. The fraction of sp³-hybridized carbons (Fsp3) is 0.625. The SMILES string of the molecule is CCCn1nccc1NC(=O)CN1CCCC(Cn2cncn2)C1. The number of nitrogens with zero attached hydrogens (tertiary/aromatic N) is 6. The summed E-state index contributed by atoms with van der Waals surface area (Å²) in [5, 5.41) is 11.4. The summed E-state index contributed by atoms with van der Waals surface area (Å²) in [6.45, 7) is 6.08. The Bertz CT molecular complexity index is 637. The highest BCUT2D eigenvalue weighted by Crippen LogP contribution is 2.18. The quantitative estimate of drug-likeness (QED) is 0.825. The predicted molar refractivity (Wildman–Crippen MR) is 90.3 cm³/mol. The zero-order valence-corrected chi connectivity index (χ0v) is 14.1. The molecular formula is C16H25N7O. The highest BCUT2D eigenvalue weighted by Gasteiger charge is 2.22. The van der Waals surface area contributed by atoms with Crippen molar-refractivity contribution in [3.63, 3.8) is 0 Å². The average Bonchev–Trinajstić information content (AvgIpc) is 3.21. The van der Waals surface area contributed by atoms with Crippen LogP contribution in [-0.2, 0) is 17.9 Å². The molecule has 24 heavy (non-hydrogen) atoms. The third kappa shape index (κ3) is 4.41. The Morgan fingerprint density at radius 1 is 1.42 bits per heavy atom. The number of carbonyl (C=O) groups excluding carboxylic acids is 1. The summed E-state index contributed by atoms with van der Waals surface area (Å²) >= 11 is 0. The summed E-state index contributed by atoms with van der Waals surface area (Å²) in [5.41, 5.74) is 0. The second-order valence-corrected chi connectivity index (χ2v) is 6.35. The molecule has 1 aliphatic heterocycles. The van der Waals surface area contributed by atoms with Gasteiger partial charge in [-0.1, -0.05) is 6.92 Å². The van der Waals surface area contributed by atoms with Crippen molar-refractivity contribution in [3.05, 3.63) is 24.9 Å². The molecule has 130 valence electrons.